The molecule has 2 heteroatoms. The Hall–Kier alpha value is 0.310. The van der Waals surface area contributed by atoms with E-state index in [1.807, 2.05) is 0 Å². The molecule has 3 aliphatic rings. The van der Waals surface area contributed by atoms with Crippen molar-refractivity contribution >= 4 is 10.9 Å². The molecule has 3 fully saturated rings. The van der Waals surface area contributed by atoms with Gasteiger partial charge < -0.3 is 4.74 Å². The van der Waals surface area contributed by atoms with E-state index in [0.29, 0.717) is 17.0 Å². The highest BCUT2D eigenvalue weighted by atomic mass is 32.2. The normalized spacial score (nSPS) is 37.0. The van der Waals surface area contributed by atoms with E-state index in [4.69, 9.17) is 4.74 Å². The van der Waals surface area contributed by atoms with Gasteiger partial charge in [0, 0.05) is 0 Å². The van der Waals surface area contributed by atoms with E-state index in [1.165, 1.54) is 57.8 Å². The second-order valence-electron chi connectivity index (χ2n) is 10.2. The zero-order valence-corrected chi connectivity index (χ0v) is 18.2. The predicted octanol–water partition coefficient (Wildman–Crippen LogP) is 6.64. The van der Waals surface area contributed by atoms with E-state index in [0.717, 1.165) is 21.7 Å². The van der Waals surface area contributed by atoms with Crippen LogP contribution in [0.25, 0.3) is 0 Å². The summed E-state index contributed by atoms with van der Waals surface area (Å²) in [5.41, 5.74) is 0.0298. The first kappa shape index (κ1) is 20.1. The quantitative estimate of drug-likeness (QED) is 0.506. The first-order valence-electron chi connectivity index (χ1n) is 11.3. The minimum atomic E-state index is 0.0298. The Morgan fingerprint density at radius 2 is 1.12 bits per heavy atom. The van der Waals surface area contributed by atoms with Crippen LogP contribution in [0, 0.1) is 5.92 Å². The molecule has 0 aromatic heterocycles. The molecular weight excluding hydrogens is 324 g/mol. The maximum absolute atomic E-state index is 6.31. The average molecular weight is 368 g/mol. The summed E-state index contributed by atoms with van der Waals surface area (Å²) in [6.45, 7) is 9.13. The van der Waals surface area contributed by atoms with Crippen molar-refractivity contribution in [3.05, 3.63) is 0 Å². The molecule has 0 N–H and O–H groups in total. The molecule has 0 heterocycles. The molecule has 0 aromatic carbocycles. The Balaban J connectivity index is 1.61. The Morgan fingerprint density at radius 3 is 1.64 bits per heavy atom. The fraction of sp³-hybridized carbons (Fsp3) is 1.00. The Bertz CT molecular complexity index is 379. The molecule has 1 unspecified atom stereocenters. The third kappa shape index (κ3) is 5.89. The van der Waals surface area contributed by atoms with Gasteiger partial charge in [0.2, 0.25) is 0 Å². The lowest BCUT2D eigenvalue weighted by molar-refractivity contribution is -0.0728. The lowest BCUT2D eigenvalue weighted by atomic mass is 9.90. The maximum Gasteiger partial charge on any atom is 0.119 e. The summed E-state index contributed by atoms with van der Waals surface area (Å²) in [6, 6.07) is 0. The molecule has 0 aliphatic heterocycles. The van der Waals surface area contributed by atoms with E-state index < -0.39 is 0 Å². The van der Waals surface area contributed by atoms with E-state index in [9.17, 15) is 0 Å². The standard InChI is InChI=1S/C23H43OS/c1-18-10-14-21(15-11-18)25(20-8-6-5-7-9-20)22-16-12-19(13-17-22)24-23(2,3)4/h18-22H,5-17H2,1-4H3/q+1. The van der Waals surface area contributed by atoms with E-state index in [2.05, 4.69) is 27.7 Å². The van der Waals surface area contributed by atoms with Gasteiger partial charge in [-0.15, -0.1) is 0 Å². The molecule has 0 aromatic rings. The van der Waals surface area contributed by atoms with Gasteiger partial charge >= 0.3 is 0 Å². The van der Waals surface area contributed by atoms with Crippen LogP contribution < -0.4 is 0 Å². The topological polar surface area (TPSA) is 9.23 Å². The summed E-state index contributed by atoms with van der Waals surface area (Å²) in [4.78, 5) is 0. The van der Waals surface area contributed by atoms with Crippen molar-refractivity contribution in [2.75, 3.05) is 0 Å². The van der Waals surface area contributed by atoms with E-state index >= 15 is 0 Å². The largest absolute Gasteiger partial charge is 0.373 e. The highest BCUT2D eigenvalue weighted by Crippen LogP contribution is 2.42. The zero-order chi connectivity index (χ0) is 17.9. The van der Waals surface area contributed by atoms with Crippen molar-refractivity contribution in [2.45, 2.75) is 139 Å². The van der Waals surface area contributed by atoms with Crippen molar-refractivity contribution in [1.82, 2.24) is 0 Å². The third-order valence-electron chi connectivity index (χ3n) is 6.81. The van der Waals surface area contributed by atoms with Gasteiger partial charge in [-0.1, -0.05) is 13.3 Å². The average Bonchev–Trinajstić information content (AvgIpc) is 2.58. The van der Waals surface area contributed by atoms with Crippen molar-refractivity contribution in [3.63, 3.8) is 0 Å². The molecule has 3 aliphatic carbocycles. The summed E-state index contributed by atoms with van der Waals surface area (Å²) in [5.74, 6) is 0.990. The maximum atomic E-state index is 6.31. The smallest absolute Gasteiger partial charge is 0.119 e. The van der Waals surface area contributed by atoms with Gasteiger partial charge in [-0.3, -0.25) is 0 Å². The monoisotopic (exact) mass is 367 g/mol. The molecule has 1 nitrogen and oxygen atoms in total. The highest BCUT2D eigenvalue weighted by molar-refractivity contribution is 7.98. The summed E-state index contributed by atoms with van der Waals surface area (Å²) in [7, 11) is 0.708. The summed E-state index contributed by atoms with van der Waals surface area (Å²) in [5, 5.41) is 3.18. The molecule has 0 saturated heterocycles. The van der Waals surface area contributed by atoms with Crippen LogP contribution in [0.2, 0.25) is 0 Å². The second kappa shape index (κ2) is 9.00. The van der Waals surface area contributed by atoms with Crippen LogP contribution in [0.15, 0.2) is 0 Å². The van der Waals surface area contributed by atoms with Crippen molar-refractivity contribution in [3.8, 4) is 0 Å². The minimum absolute atomic E-state index is 0.0298. The summed E-state index contributed by atoms with van der Waals surface area (Å²) in [6.07, 6.45) is 19.8. The highest BCUT2D eigenvalue weighted by Gasteiger charge is 2.46. The number of hydrogen-bond acceptors (Lipinski definition) is 1. The van der Waals surface area contributed by atoms with Gasteiger partial charge in [0.15, 0.2) is 0 Å². The molecule has 0 amide bonds. The number of rotatable bonds is 4. The first-order valence-corrected chi connectivity index (χ1v) is 12.7. The third-order valence-corrected chi connectivity index (χ3v) is 10.5. The van der Waals surface area contributed by atoms with Crippen LogP contribution in [-0.2, 0) is 15.6 Å². The van der Waals surface area contributed by atoms with Crippen LogP contribution >= 0.6 is 0 Å². The molecule has 3 saturated carbocycles. The van der Waals surface area contributed by atoms with Gasteiger partial charge in [-0.05, 0) is 115 Å². The molecule has 25 heavy (non-hydrogen) atoms. The van der Waals surface area contributed by atoms with E-state index in [1.54, 1.807) is 25.7 Å². The van der Waals surface area contributed by atoms with Gasteiger partial charge in [-0.25, -0.2) is 0 Å². The van der Waals surface area contributed by atoms with E-state index in [-0.39, 0.29) is 5.60 Å². The zero-order valence-electron chi connectivity index (χ0n) is 17.4. The molecule has 3 rings (SSSR count). The van der Waals surface area contributed by atoms with Gasteiger partial charge in [-0.2, -0.15) is 0 Å². The molecule has 0 spiro atoms. The fourth-order valence-electron chi connectivity index (χ4n) is 5.58. The minimum Gasteiger partial charge on any atom is -0.373 e. The summed E-state index contributed by atoms with van der Waals surface area (Å²) >= 11 is 0. The SMILES string of the molecule is CC1CCC([S+](C2CCCCC2)C2CCC(OC(C)(C)C)CC2)CC1. The van der Waals surface area contributed by atoms with Crippen molar-refractivity contribution < 1.29 is 4.74 Å². The van der Waals surface area contributed by atoms with Gasteiger partial charge in [0.25, 0.3) is 0 Å². The second-order valence-corrected chi connectivity index (χ2v) is 13.0. The lowest BCUT2D eigenvalue weighted by Gasteiger charge is -2.39. The van der Waals surface area contributed by atoms with Crippen LogP contribution in [0.1, 0.15) is 111 Å². The first-order chi connectivity index (χ1) is 11.9. The predicted molar refractivity (Wildman–Crippen MR) is 113 cm³/mol. The number of ether oxygens (including phenoxy) is 1. The van der Waals surface area contributed by atoms with Crippen LogP contribution in [0.3, 0.4) is 0 Å². The van der Waals surface area contributed by atoms with Gasteiger partial charge in [0.1, 0.15) is 15.7 Å². The molecule has 0 radical (unpaired) electrons. The van der Waals surface area contributed by atoms with Crippen LogP contribution in [-0.4, -0.2) is 27.5 Å². The van der Waals surface area contributed by atoms with Crippen LogP contribution in [0.5, 0.6) is 0 Å². The molecule has 146 valence electrons. The molecule has 0 bridgehead atoms. The number of hydrogen-bond donors (Lipinski definition) is 0. The summed E-state index contributed by atoms with van der Waals surface area (Å²) < 4.78 is 6.31. The van der Waals surface area contributed by atoms with Gasteiger partial charge in [0.05, 0.1) is 11.7 Å². The fourth-order valence-corrected chi connectivity index (χ4v) is 9.72. The lowest BCUT2D eigenvalue weighted by Crippen LogP contribution is -2.45. The molecule has 1 atom stereocenters. The Kier molecular flexibility index (Phi) is 7.22. The Labute approximate surface area is 160 Å². The Morgan fingerprint density at radius 1 is 0.640 bits per heavy atom. The van der Waals surface area contributed by atoms with Crippen LogP contribution in [0.4, 0.5) is 0 Å². The molecular formula is C23H43OS+. The van der Waals surface area contributed by atoms with Crippen molar-refractivity contribution in [1.29, 1.82) is 0 Å². The van der Waals surface area contributed by atoms with Crippen molar-refractivity contribution in [2.24, 2.45) is 5.92 Å².